The van der Waals surface area contributed by atoms with Crippen LogP contribution in [-0.2, 0) is 9.53 Å². The van der Waals surface area contributed by atoms with Gasteiger partial charge >= 0.3 is 5.97 Å². The van der Waals surface area contributed by atoms with Crippen molar-refractivity contribution in [2.24, 2.45) is 0 Å². The third-order valence-corrected chi connectivity index (χ3v) is 3.86. The zero-order valence-electron chi connectivity index (χ0n) is 13.4. The van der Waals surface area contributed by atoms with Crippen LogP contribution in [0.2, 0.25) is 5.15 Å². The van der Waals surface area contributed by atoms with Crippen LogP contribution in [-0.4, -0.2) is 23.0 Å². The third-order valence-electron chi connectivity index (χ3n) is 3.63. The molecule has 3 aromatic rings. The predicted octanol–water partition coefficient (Wildman–Crippen LogP) is 4.07. The Morgan fingerprint density at radius 2 is 1.84 bits per heavy atom. The lowest BCUT2D eigenvalue weighted by Gasteiger charge is -2.14. The molecule has 6 heteroatoms. The van der Waals surface area contributed by atoms with E-state index in [1.807, 2.05) is 36.4 Å². The van der Waals surface area contributed by atoms with Crippen molar-refractivity contribution in [3.63, 3.8) is 0 Å². The second-order valence-corrected chi connectivity index (χ2v) is 5.86. The van der Waals surface area contributed by atoms with E-state index in [9.17, 15) is 9.59 Å². The molecule has 5 nitrogen and oxygen atoms in total. The molecule has 25 heavy (non-hydrogen) atoms. The zero-order chi connectivity index (χ0) is 17.8. The summed E-state index contributed by atoms with van der Waals surface area (Å²) in [7, 11) is 0. The van der Waals surface area contributed by atoms with Crippen molar-refractivity contribution in [1.29, 1.82) is 0 Å². The highest BCUT2D eigenvalue weighted by Crippen LogP contribution is 2.19. The van der Waals surface area contributed by atoms with Crippen LogP contribution in [0.3, 0.4) is 0 Å². The average Bonchev–Trinajstić information content (AvgIpc) is 2.62. The SMILES string of the molecule is C[C@@H](OC(=O)c1ccc(Cl)nc1)C(=O)Nc1ccc2ccccc2c1. The third kappa shape index (κ3) is 4.14. The smallest absolute Gasteiger partial charge is 0.340 e. The number of ether oxygens (including phenoxy) is 1. The van der Waals surface area contributed by atoms with E-state index in [-0.39, 0.29) is 10.7 Å². The molecule has 0 saturated heterocycles. The molecule has 0 bridgehead atoms. The Morgan fingerprint density at radius 1 is 1.08 bits per heavy atom. The van der Waals surface area contributed by atoms with Gasteiger partial charge in [-0.05, 0) is 42.0 Å². The van der Waals surface area contributed by atoms with Crippen LogP contribution in [0, 0.1) is 0 Å². The first-order chi connectivity index (χ1) is 12.0. The van der Waals surface area contributed by atoms with E-state index in [1.54, 1.807) is 6.07 Å². The van der Waals surface area contributed by atoms with E-state index in [1.165, 1.54) is 25.3 Å². The first-order valence-corrected chi connectivity index (χ1v) is 8.03. The maximum atomic E-state index is 12.2. The van der Waals surface area contributed by atoms with E-state index < -0.39 is 18.0 Å². The lowest BCUT2D eigenvalue weighted by molar-refractivity contribution is -0.123. The summed E-state index contributed by atoms with van der Waals surface area (Å²) in [5.74, 6) is -1.05. The van der Waals surface area contributed by atoms with Gasteiger partial charge in [-0.2, -0.15) is 0 Å². The number of anilines is 1. The number of nitrogens with one attached hydrogen (secondary N) is 1. The van der Waals surface area contributed by atoms with E-state index in [0.29, 0.717) is 5.69 Å². The molecule has 0 aliphatic carbocycles. The number of nitrogens with zero attached hydrogens (tertiary/aromatic N) is 1. The monoisotopic (exact) mass is 354 g/mol. The molecule has 0 aliphatic heterocycles. The van der Waals surface area contributed by atoms with E-state index in [4.69, 9.17) is 16.3 Å². The minimum atomic E-state index is -0.949. The molecule has 3 rings (SSSR count). The highest BCUT2D eigenvalue weighted by molar-refractivity contribution is 6.29. The number of halogens is 1. The summed E-state index contributed by atoms with van der Waals surface area (Å²) >= 11 is 5.68. The van der Waals surface area contributed by atoms with Gasteiger partial charge in [0.2, 0.25) is 0 Å². The number of aromatic nitrogens is 1. The Balaban J connectivity index is 1.65. The minimum absolute atomic E-state index is 0.231. The Hall–Kier alpha value is -2.92. The maximum absolute atomic E-state index is 12.2. The average molecular weight is 355 g/mol. The first kappa shape index (κ1) is 16.9. The highest BCUT2D eigenvalue weighted by atomic mass is 35.5. The fraction of sp³-hybridized carbons (Fsp3) is 0.105. The Labute approximate surface area is 149 Å². The number of pyridine rings is 1. The molecule has 0 saturated carbocycles. The molecule has 0 spiro atoms. The van der Waals surface area contributed by atoms with Crippen molar-refractivity contribution < 1.29 is 14.3 Å². The maximum Gasteiger partial charge on any atom is 0.340 e. The topological polar surface area (TPSA) is 68.3 Å². The number of amides is 1. The molecule has 1 N–H and O–H groups in total. The van der Waals surface area contributed by atoms with Gasteiger partial charge in [-0.3, -0.25) is 4.79 Å². The van der Waals surface area contributed by atoms with Crippen molar-refractivity contribution >= 4 is 39.9 Å². The lowest BCUT2D eigenvalue weighted by atomic mass is 10.1. The normalized spacial score (nSPS) is 11.8. The van der Waals surface area contributed by atoms with Gasteiger partial charge in [-0.1, -0.05) is 41.9 Å². The zero-order valence-corrected chi connectivity index (χ0v) is 14.2. The molecule has 0 radical (unpaired) electrons. The van der Waals surface area contributed by atoms with Crippen molar-refractivity contribution in [1.82, 2.24) is 4.98 Å². The van der Waals surface area contributed by atoms with Gasteiger partial charge in [0, 0.05) is 11.9 Å². The Kier molecular flexibility index (Phi) is 4.95. The van der Waals surface area contributed by atoms with E-state index >= 15 is 0 Å². The second kappa shape index (κ2) is 7.32. The predicted molar refractivity (Wildman–Crippen MR) is 96.7 cm³/mol. The van der Waals surface area contributed by atoms with Gasteiger partial charge in [0.1, 0.15) is 5.15 Å². The number of benzene rings is 2. The summed E-state index contributed by atoms with van der Waals surface area (Å²) in [5, 5.41) is 5.11. The van der Waals surface area contributed by atoms with Crippen LogP contribution in [0.15, 0.2) is 60.8 Å². The van der Waals surface area contributed by atoms with Gasteiger partial charge in [-0.25, -0.2) is 9.78 Å². The van der Waals surface area contributed by atoms with Crippen LogP contribution in [0.1, 0.15) is 17.3 Å². The summed E-state index contributed by atoms with van der Waals surface area (Å²) in [6.45, 7) is 1.51. The van der Waals surface area contributed by atoms with Crippen LogP contribution in [0.4, 0.5) is 5.69 Å². The fourth-order valence-electron chi connectivity index (χ4n) is 2.29. The van der Waals surface area contributed by atoms with Crippen LogP contribution >= 0.6 is 11.6 Å². The fourth-order valence-corrected chi connectivity index (χ4v) is 2.40. The quantitative estimate of drug-likeness (QED) is 0.566. The van der Waals surface area contributed by atoms with Gasteiger partial charge in [-0.15, -0.1) is 0 Å². The molecule has 1 atom stereocenters. The molecular weight excluding hydrogens is 340 g/mol. The van der Waals surface area contributed by atoms with Gasteiger partial charge in [0.05, 0.1) is 5.56 Å². The summed E-state index contributed by atoms with van der Waals surface area (Å²) in [4.78, 5) is 28.1. The van der Waals surface area contributed by atoms with Gasteiger partial charge in [0.25, 0.3) is 5.91 Å². The van der Waals surface area contributed by atoms with Crippen molar-refractivity contribution in [3.05, 3.63) is 71.5 Å². The minimum Gasteiger partial charge on any atom is -0.449 e. The van der Waals surface area contributed by atoms with Crippen LogP contribution < -0.4 is 5.32 Å². The number of carbonyl (C=O) groups is 2. The molecule has 1 aromatic heterocycles. The molecule has 1 heterocycles. The Morgan fingerprint density at radius 3 is 2.56 bits per heavy atom. The lowest BCUT2D eigenvalue weighted by Crippen LogP contribution is -2.30. The Bertz CT molecular complexity index is 925. The van der Waals surface area contributed by atoms with Crippen LogP contribution in [0.5, 0.6) is 0 Å². The molecule has 0 aliphatic rings. The number of hydrogen-bond acceptors (Lipinski definition) is 4. The standard InChI is InChI=1S/C19H15ClN2O3/c1-12(25-19(24)15-7-9-17(20)21-11-15)18(23)22-16-8-6-13-4-2-3-5-14(13)10-16/h2-12H,1H3,(H,22,23)/t12-/m1/s1. The number of hydrogen-bond donors (Lipinski definition) is 1. The molecule has 126 valence electrons. The van der Waals surface area contributed by atoms with Crippen molar-refractivity contribution in [2.45, 2.75) is 13.0 Å². The molecule has 1 amide bonds. The summed E-state index contributed by atoms with van der Waals surface area (Å²) in [5.41, 5.74) is 0.870. The van der Waals surface area contributed by atoms with E-state index in [0.717, 1.165) is 10.8 Å². The van der Waals surface area contributed by atoms with E-state index in [2.05, 4.69) is 10.3 Å². The van der Waals surface area contributed by atoms with Gasteiger partial charge in [0.15, 0.2) is 6.10 Å². The second-order valence-electron chi connectivity index (χ2n) is 5.47. The number of carbonyl (C=O) groups excluding carboxylic acids is 2. The summed E-state index contributed by atoms with van der Waals surface area (Å²) < 4.78 is 5.16. The molecule has 2 aromatic carbocycles. The van der Waals surface area contributed by atoms with Crippen molar-refractivity contribution in [3.8, 4) is 0 Å². The van der Waals surface area contributed by atoms with Crippen LogP contribution in [0.25, 0.3) is 10.8 Å². The summed E-state index contributed by atoms with van der Waals surface area (Å²) in [6, 6.07) is 16.4. The van der Waals surface area contributed by atoms with Gasteiger partial charge < -0.3 is 10.1 Å². The van der Waals surface area contributed by atoms with Crippen molar-refractivity contribution in [2.75, 3.05) is 5.32 Å². The highest BCUT2D eigenvalue weighted by Gasteiger charge is 2.19. The molecule has 0 unspecified atom stereocenters. The number of esters is 1. The first-order valence-electron chi connectivity index (χ1n) is 7.65. The summed E-state index contributed by atoms with van der Waals surface area (Å²) in [6.07, 6.45) is 0.355. The number of rotatable bonds is 4. The largest absolute Gasteiger partial charge is 0.449 e. The number of fused-ring (bicyclic) bond motifs is 1. The molecular formula is C19H15ClN2O3. The molecule has 0 fully saturated rings.